The number of alkyl halides is 2. The second kappa shape index (κ2) is 4.56. The summed E-state index contributed by atoms with van der Waals surface area (Å²) in [6.07, 6.45) is 3.15. The van der Waals surface area contributed by atoms with Crippen LogP contribution in [0.5, 0.6) is 0 Å². The molecular formula is C14H12F2N4. The van der Waals surface area contributed by atoms with Crippen molar-refractivity contribution in [3.63, 3.8) is 0 Å². The Labute approximate surface area is 113 Å². The van der Waals surface area contributed by atoms with Crippen LogP contribution in [0.25, 0.3) is 10.9 Å². The maximum atomic E-state index is 13.2. The number of nitrogens with zero attached hydrogens (tertiary/aromatic N) is 2. The van der Waals surface area contributed by atoms with E-state index in [2.05, 4.69) is 20.3 Å². The predicted octanol–water partition coefficient (Wildman–Crippen LogP) is 3.81. The van der Waals surface area contributed by atoms with Crippen LogP contribution in [0.15, 0.2) is 42.7 Å². The summed E-state index contributed by atoms with van der Waals surface area (Å²) in [4.78, 5) is 10.9. The molecule has 102 valence electrons. The summed E-state index contributed by atoms with van der Waals surface area (Å²) in [7, 11) is 0. The third kappa shape index (κ3) is 2.45. The van der Waals surface area contributed by atoms with Gasteiger partial charge in [-0.2, -0.15) is 8.78 Å². The lowest BCUT2D eigenvalue weighted by Gasteiger charge is -2.11. The predicted molar refractivity (Wildman–Crippen MR) is 73.2 cm³/mol. The second-order valence-electron chi connectivity index (χ2n) is 4.56. The Kier molecular flexibility index (Phi) is 2.85. The highest BCUT2D eigenvalue weighted by Gasteiger charge is 2.26. The minimum Gasteiger partial charge on any atom is -0.361 e. The van der Waals surface area contributed by atoms with Crippen LogP contribution in [-0.2, 0) is 5.92 Å². The molecule has 20 heavy (non-hydrogen) atoms. The molecule has 0 saturated heterocycles. The van der Waals surface area contributed by atoms with Crippen LogP contribution in [-0.4, -0.2) is 15.0 Å². The van der Waals surface area contributed by atoms with Gasteiger partial charge in [0, 0.05) is 35.9 Å². The molecule has 1 aromatic carbocycles. The van der Waals surface area contributed by atoms with Gasteiger partial charge < -0.3 is 10.3 Å². The third-order valence-corrected chi connectivity index (χ3v) is 2.91. The van der Waals surface area contributed by atoms with Crippen molar-refractivity contribution in [1.82, 2.24) is 15.0 Å². The standard InChI is InChI=1S/C14H12F2N4/c1-14(15,16)12-5-7-18-13(20-12)19-10-2-3-11-9(8-10)4-6-17-11/h2-8,17H,1H3,(H,18,19,20). The molecule has 0 atom stereocenters. The molecule has 0 aliphatic heterocycles. The molecule has 0 aliphatic carbocycles. The molecule has 3 rings (SSSR count). The van der Waals surface area contributed by atoms with Gasteiger partial charge in [0.25, 0.3) is 5.92 Å². The Hall–Kier alpha value is -2.50. The molecule has 0 radical (unpaired) electrons. The number of anilines is 2. The molecular weight excluding hydrogens is 262 g/mol. The van der Waals surface area contributed by atoms with E-state index < -0.39 is 5.92 Å². The molecule has 2 aromatic heterocycles. The van der Waals surface area contributed by atoms with Crippen LogP contribution in [0.1, 0.15) is 12.6 Å². The number of benzene rings is 1. The maximum Gasteiger partial charge on any atom is 0.287 e. The van der Waals surface area contributed by atoms with Gasteiger partial charge in [0.15, 0.2) is 0 Å². The minimum atomic E-state index is -2.98. The number of H-pyrrole nitrogens is 1. The number of nitrogens with one attached hydrogen (secondary N) is 2. The first kappa shape index (κ1) is 12.5. The average Bonchev–Trinajstić information content (AvgIpc) is 2.85. The van der Waals surface area contributed by atoms with E-state index in [0.29, 0.717) is 0 Å². The average molecular weight is 274 g/mol. The van der Waals surface area contributed by atoms with Gasteiger partial charge in [0.05, 0.1) is 0 Å². The topological polar surface area (TPSA) is 53.6 Å². The summed E-state index contributed by atoms with van der Waals surface area (Å²) in [6, 6.07) is 8.76. The number of aromatic nitrogens is 3. The van der Waals surface area contributed by atoms with E-state index in [9.17, 15) is 8.78 Å². The highest BCUT2D eigenvalue weighted by Crippen LogP contribution is 2.26. The molecule has 0 amide bonds. The van der Waals surface area contributed by atoms with E-state index in [0.717, 1.165) is 23.5 Å². The number of hydrogen-bond donors (Lipinski definition) is 2. The largest absolute Gasteiger partial charge is 0.361 e. The highest BCUT2D eigenvalue weighted by molar-refractivity contribution is 5.83. The first-order valence-corrected chi connectivity index (χ1v) is 6.08. The lowest BCUT2D eigenvalue weighted by atomic mass is 10.2. The van der Waals surface area contributed by atoms with Crippen LogP contribution in [0.4, 0.5) is 20.4 Å². The Morgan fingerprint density at radius 1 is 1.20 bits per heavy atom. The van der Waals surface area contributed by atoms with E-state index in [1.807, 2.05) is 30.5 Å². The number of aromatic amines is 1. The van der Waals surface area contributed by atoms with Crippen LogP contribution in [0.2, 0.25) is 0 Å². The van der Waals surface area contributed by atoms with E-state index >= 15 is 0 Å². The van der Waals surface area contributed by atoms with Crippen molar-refractivity contribution >= 4 is 22.5 Å². The van der Waals surface area contributed by atoms with Gasteiger partial charge >= 0.3 is 0 Å². The molecule has 4 nitrogen and oxygen atoms in total. The molecule has 2 heterocycles. The van der Waals surface area contributed by atoms with Gasteiger partial charge in [-0.15, -0.1) is 0 Å². The van der Waals surface area contributed by atoms with Gasteiger partial charge in [-0.3, -0.25) is 0 Å². The van der Waals surface area contributed by atoms with Gasteiger partial charge in [-0.25, -0.2) is 9.97 Å². The quantitative estimate of drug-likeness (QED) is 0.763. The minimum absolute atomic E-state index is 0.152. The lowest BCUT2D eigenvalue weighted by Crippen LogP contribution is -2.11. The fourth-order valence-corrected chi connectivity index (χ4v) is 1.92. The molecule has 0 bridgehead atoms. The SMILES string of the molecule is CC(F)(F)c1ccnc(Nc2ccc3[nH]ccc3c2)n1. The van der Waals surface area contributed by atoms with Gasteiger partial charge in [-0.1, -0.05) is 0 Å². The number of rotatable bonds is 3. The lowest BCUT2D eigenvalue weighted by molar-refractivity contribution is 0.0128. The van der Waals surface area contributed by atoms with Crippen molar-refractivity contribution in [2.45, 2.75) is 12.8 Å². The molecule has 0 saturated carbocycles. The smallest absolute Gasteiger partial charge is 0.287 e. The van der Waals surface area contributed by atoms with Crippen LogP contribution >= 0.6 is 0 Å². The summed E-state index contributed by atoms with van der Waals surface area (Å²) >= 11 is 0. The first-order valence-electron chi connectivity index (χ1n) is 6.08. The number of hydrogen-bond acceptors (Lipinski definition) is 3. The first-order chi connectivity index (χ1) is 9.52. The zero-order chi connectivity index (χ0) is 14.2. The second-order valence-corrected chi connectivity index (χ2v) is 4.56. The molecule has 2 N–H and O–H groups in total. The van der Waals surface area contributed by atoms with Gasteiger partial charge in [0.1, 0.15) is 5.69 Å². The van der Waals surface area contributed by atoms with E-state index in [-0.39, 0.29) is 11.6 Å². The highest BCUT2D eigenvalue weighted by atomic mass is 19.3. The summed E-state index contributed by atoms with van der Waals surface area (Å²) in [5.74, 6) is -2.83. The summed E-state index contributed by atoms with van der Waals surface area (Å²) < 4.78 is 26.4. The molecule has 0 aliphatic rings. The zero-order valence-corrected chi connectivity index (χ0v) is 10.7. The monoisotopic (exact) mass is 274 g/mol. The fourth-order valence-electron chi connectivity index (χ4n) is 1.92. The van der Waals surface area contributed by atoms with E-state index in [4.69, 9.17) is 0 Å². The Morgan fingerprint density at radius 3 is 2.85 bits per heavy atom. The molecule has 0 spiro atoms. The summed E-state index contributed by atoms with van der Waals surface area (Å²) in [5, 5.41) is 3.95. The normalized spacial score (nSPS) is 11.8. The maximum absolute atomic E-state index is 13.2. The Morgan fingerprint density at radius 2 is 2.05 bits per heavy atom. The van der Waals surface area contributed by atoms with Crippen LogP contribution < -0.4 is 5.32 Å². The van der Waals surface area contributed by atoms with Gasteiger partial charge in [-0.05, 0) is 30.3 Å². The van der Waals surface area contributed by atoms with Crippen LogP contribution in [0, 0.1) is 0 Å². The van der Waals surface area contributed by atoms with Crippen molar-refractivity contribution in [3.05, 3.63) is 48.4 Å². The third-order valence-electron chi connectivity index (χ3n) is 2.91. The zero-order valence-electron chi connectivity index (χ0n) is 10.7. The summed E-state index contributed by atoms with van der Waals surface area (Å²) in [5.41, 5.74) is 1.44. The van der Waals surface area contributed by atoms with Gasteiger partial charge in [0.2, 0.25) is 5.95 Å². The van der Waals surface area contributed by atoms with Crippen molar-refractivity contribution in [3.8, 4) is 0 Å². The van der Waals surface area contributed by atoms with Crippen molar-refractivity contribution in [2.75, 3.05) is 5.32 Å². The summed E-state index contributed by atoms with van der Waals surface area (Å²) in [6.45, 7) is 0.810. The Balaban J connectivity index is 1.90. The molecule has 6 heteroatoms. The van der Waals surface area contributed by atoms with Crippen molar-refractivity contribution < 1.29 is 8.78 Å². The fraction of sp³-hybridized carbons (Fsp3) is 0.143. The Bertz CT molecular complexity index is 746. The molecule has 0 fully saturated rings. The van der Waals surface area contributed by atoms with Crippen molar-refractivity contribution in [1.29, 1.82) is 0 Å². The van der Waals surface area contributed by atoms with Crippen molar-refractivity contribution in [2.24, 2.45) is 0 Å². The van der Waals surface area contributed by atoms with E-state index in [1.165, 1.54) is 12.3 Å². The van der Waals surface area contributed by atoms with Crippen LogP contribution in [0.3, 0.4) is 0 Å². The number of halogens is 2. The molecule has 3 aromatic rings. The number of fused-ring (bicyclic) bond motifs is 1. The molecule has 0 unspecified atom stereocenters. The van der Waals surface area contributed by atoms with E-state index in [1.54, 1.807) is 0 Å².